The summed E-state index contributed by atoms with van der Waals surface area (Å²) < 4.78 is 11.5. The van der Waals surface area contributed by atoms with Gasteiger partial charge in [-0.05, 0) is 61.0 Å². The summed E-state index contributed by atoms with van der Waals surface area (Å²) in [5, 5.41) is 7.75. The molecule has 0 aromatic heterocycles. The Morgan fingerprint density at radius 3 is 2.44 bits per heavy atom. The number of amides is 2. The van der Waals surface area contributed by atoms with Crippen molar-refractivity contribution >= 4 is 58.5 Å². The van der Waals surface area contributed by atoms with Gasteiger partial charge in [-0.3, -0.25) is 9.59 Å². The lowest BCUT2D eigenvalue weighted by atomic mass is 10.2. The van der Waals surface area contributed by atoms with Crippen LogP contribution in [0.5, 0.6) is 11.5 Å². The second kappa shape index (κ2) is 12.3. The minimum Gasteiger partial charge on any atom is -0.490 e. The van der Waals surface area contributed by atoms with Crippen molar-refractivity contribution in [2.45, 2.75) is 13.5 Å². The van der Waals surface area contributed by atoms with Crippen molar-refractivity contribution in [3.63, 3.8) is 0 Å². The quantitative estimate of drug-likeness (QED) is 0.226. The summed E-state index contributed by atoms with van der Waals surface area (Å²) in [7, 11) is 0. The molecule has 0 aliphatic carbocycles. The molecule has 0 aliphatic heterocycles. The second-order valence-corrected chi connectivity index (χ2v) is 8.11. The van der Waals surface area contributed by atoms with Gasteiger partial charge in [0.05, 0.1) is 12.8 Å². The number of hydrogen-bond donors (Lipinski definition) is 2. The molecule has 0 fully saturated rings. The lowest BCUT2D eigenvalue weighted by molar-refractivity contribution is -0.136. The highest BCUT2D eigenvalue weighted by molar-refractivity contribution is 6.40. The zero-order valence-electron chi connectivity index (χ0n) is 18.0. The third-order valence-electron chi connectivity index (χ3n) is 4.33. The highest BCUT2D eigenvalue weighted by Gasteiger charge is 2.13. The summed E-state index contributed by atoms with van der Waals surface area (Å²) in [4.78, 5) is 24.0. The molecule has 0 unspecified atom stereocenters. The molecule has 0 radical (unpaired) electrons. The van der Waals surface area contributed by atoms with E-state index in [0.717, 1.165) is 5.56 Å². The molecular weight excluding hydrogens is 501 g/mol. The van der Waals surface area contributed by atoms with Crippen molar-refractivity contribution in [2.24, 2.45) is 5.10 Å². The van der Waals surface area contributed by atoms with E-state index in [0.29, 0.717) is 44.4 Å². The first-order valence-electron chi connectivity index (χ1n) is 10.1. The fraction of sp³-hybridized carbons (Fsp3) is 0.125. The van der Waals surface area contributed by atoms with Gasteiger partial charge in [0.15, 0.2) is 11.5 Å². The van der Waals surface area contributed by atoms with E-state index in [4.69, 9.17) is 44.3 Å². The Morgan fingerprint density at radius 2 is 1.71 bits per heavy atom. The largest absolute Gasteiger partial charge is 0.490 e. The monoisotopic (exact) mass is 519 g/mol. The van der Waals surface area contributed by atoms with Gasteiger partial charge in [0, 0.05) is 26.3 Å². The number of hydrogen-bond acceptors (Lipinski definition) is 5. The fourth-order valence-corrected chi connectivity index (χ4v) is 3.41. The molecule has 0 spiro atoms. The van der Waals surface area contributed by atoms with Crippen molar-refractivity contribution in [3.05, 3.63) is 86.9 Å². The van der Waals surface area contributed by atoms with E-state index in [2.05, 4.69) is 15.8 Å². The average Bonchev–Trinajstić information content (AvgIpc) is 2.79. The Morgan fingerprint density at radius 1 is 0.912 bits per heavy atom. The maximum Gasteiger partial charge on any atom is 0.329 e. The van der Waals surface area contributed by atoms with Crippen molar-refractivity contribution in [3.8, 4) is 11.5 Å². The van der Waals surface area contributed by atoms with Crippen LogP contribution >= 0.6 is 34.8 Å². The second-order valence-electron chi connectivity index (χ2n) is 6.83. The average molecular weight is 521 g/mol. The molecule has 0 saturated carbocycles. The van der Waals surface area contributed by atoms with Crippen molar-refractivity contribution < 1.29 is 19.1 Å². The molecule has 3 aromatic carbocycles. The van der Waals surface area contributed by atoms with Gasteiger partial charge in [0.2, 0.25) is 0 Å². The van der Waals surface area contributed by atoms with Gasteiger partial charge in [-0.15, -0.1) is 0 Å². The van der Waals surface area contributed by atoms with Crippen molar-refractivity contribution in [1.29, 1.82) is 0 Å². The molecule has 0 aliphatic rings. The number of halogens is 3. The van der Waals surface area contributed by atoms with Crippen LogP contribution in [0.15, 0.2) is 65.8 Å². The highest BCUT2D eigenvalue weighted by atomic mass is 35.5. The molecule has 34 heavy (non-hydrogen) atoms. The molecule has 0 bridgehead atoms. The maximum absolute atomic E-state index is 12.0. The zero-order valence-corrected chi connectivity index (χ0v) is 20.2. The van der Waals surface area contributed by atoms with Crippen molar-refractivity contribution in [2.75, 3.05) is 11.9 Å². The Labute approximate surface area is 211 Å². The summed E-state index contributed by atoms with van der Waals surface area (Å²) in [5.41, 5.74) is 3.97. The first-order chi connectivity index (χ1) is 16.4. The van der Waals surface area contributed by atoms with Gasteiger partial charge in [0.25, 0.3) is 0 Å². The predicted molar refractivity (Wildman–Crippen MR) is 134 cm³/mol. The lowest BCUT2D eigenvalue weighted by Crippen LogP contribution is -2.32. The summed E-state index contributed by atoms with van der Waals surface area (Å²) in [5.74, 6) is -0.809. The van der Waals surface area contributed by atoms with E-state index in [-0.39, 0.29) is 6.61 Å². The van der Waals surface area contributed by atoms with Gasteiger partial charge >= 0.3 is 11.8 Å². The Bertz CT molecular complexity index is 1220. The Balaban J connectivity index is 1.61. The van der Waals surface area contributed by atoms with Gasteiger partial charge in [0.1, 0.15) is 6.61 Å². The maximum atomic E-state index is 12.0. The summed E-state index contributed by atoms with van der Waals surface area (Å²) in [6.45, 7) is 2.49. The van der Waals surface area contributed by atoms with Crippen LogP contribution in [0.1, 0.15) is 18.1 Å². The molecule has 0 saturated heterocycles. The summed E-state index contributed by atoms with van der Waals surface area (Å²) >= 11 is 18.0. The first-order valence-corrected chi connectivity index (χ1v) is 11.2. The Hall–Kier alpha value is -3.26. The third-order valence-corrected chi connectivity index (χ3v) is 5.16. The lowest BCUT2D eigenvalue weighted by Gasteiger charge is -2.13. The normalized spacial score (nSPS) is 10.7. The van der Waals surface area contributed by atoms with Gasteiger partial charge in [-0.1, -0.05) is 46.9 Å². The Kier molecular flexibility index (Phi) is 9.16. The fourth-order valence-electron chi connectivity index (χ4n) is 2.76. The van der Waals surface area contributed by atoms with Crippen LogP contribution in [0.3, 0.4) is 0 Å². The van der Waals surface area contributed by atoms with Crippen LogP contribution in [0, 0.1) is 0 Å². The summed E-state index contributed by atoms with van der Waals surface area (Å²) in [6.07, 6.45) is 1.38. The predicted octanol–water partition coefficient (Wildman–Crippen LogP) is 5.71. The number of anilines is 1. The SMILES string of the molecule is CCOc1cc(/C=N/NC(=O)C(=O)Nc2cccc(Cl)c2)ccc1OCc1ccc(Cl)cc1Cl. The number of ether oxygens (including phenoxy) is 2. The van der Waals surface area contributed by atoms with Crippen LogP contribution in [0.2, 0.25) is 15.1 Å². The first kappa shape index (κ1) is 25.4. The standard InChI is InChI=1S/C24H20Cl3N3O4/c1-2-33-22-10-15(6-9-21(22)34-14-16-7-8-18(26)12-20(16)27)13-28-30-24(32)23(31)29-19-5-3-4-17(25)11-19/h3-13H,2,14H2,1H3,(H,29,31)(H,30,32)/b28-13+. The number of carbonyl (C=O) groups is 2. The van der Waals surface area contributed by atoms with E-state index in [1.807, 2.05) is 6.92 Å². The van der Waals surface area contributed by atoms with Crippen LogP contribution < -0.4 is 20.2 Å². The van der Waals surface area contributed by atoms with Crippen LogP contribution in [0.4, 0.5) is 5.69 Å². The smallest absolute Gasteiger partial charge is 0.329 e. The van der Waals surface area contributed by atoms with Crippen LogP contribution in [-0.4, -0.2) is 24.6 Å². The molecule has 7 nitrogen and oxygen atoms in total. The molecule has 0 atom stereocenters. The number of nitrogens with zero attached hydrogens (tertiary/aromatic N) is 1. The van der Waals surface area contributed by atoms with E-state index >= 15 is 0 Å². The number of benzene rings is 3. The summed E-state index contributed by atoms with van der Waals surface area (Å²) in [6, 6.07) is 16.7. The molecular formula is C24H20Cl3N3O4. The van der Waals surface area contributed by atoms with Crippen LogP contribution in [0.25, 0.3) is 0 Å². The van der Waals surface area contributed by atoms with Gasteiger partial charge in [-0.2, -0.15) is 5.10 Å². The van der Waals surface area contributed by atoms with E-state index in [1.165, 1.54) is 12.3 Å². The minimum absolute atomic E-state index is 0.224. The van der Waals surface area contributed by atoms with Gasteiger partial charge in [-0.25, -0.2) is 5.43 Å². The molecule has 2 N–H and O–H groups in total. The molecule has 176 valence electrons. The third kappa shape index (κ3) is 7.38. The van der Waals surface area contributed by atoms with E-state index < -0.39 is 11.8 Å². The van der Waals surface area contributed by atoms with Crippen molar-refractivity contribution in [1.82, 2.24) is 5.43 Å². The molecule has 10 heteroatoms. The van der Waals surface area contributed by atoms with E-state index in [9.17, 15) is 9.59 Å². The zero-order chi connectivity index (χ0) is 24.5. The molecule has 2 amide bonds. The molecule has 0 heterocycles. The minimum atomic E-state index is -0.930. The molecule has 3 aromatic rings. The topological polar surface area (TPSA) is 89.0 Å². The van der Waals surface area contributed by atoms with E-state index in [1.54, 1.807) is 54.6 Å². The number of hydrazone groups is 1. The van der Waals surface area contributed by atoms with Gasteiger partial charge < -0.3 is 14.8 Å². The van der Waals surface area contributed by atoms with Crippen LogP contribution in [-0.2, 0) is 16.2 Å². The number of rotatable bonds is 8. The number of carbonyl (C=O) groups excluding carboxylic acids is 2. The molecule has 3 rings (SSSR count). The highest BCUT2D eigenvalue weighted by Crippen LogP contribution is 2.30. The number of nitrogens with one attached hydrogen (secondary N) is 2.